The first-order chi connectivity index (χ1) is 9.31. The third-order valence-electron chi connectivity index (χ3n) is 3.87. The second-order valence-electron chi connectivity index (χ2n) is 5.55. The molecule has 0 radical (unpaired) electrons. The van der Waals surface area contributed by atoms with Gasteiger partial charge in [0.15, 0.2) is 0 Å². The standard InChI is InChI=1S/C14H23N3O2/c1-11-8-17(9-13-10-18-6-7-19-13)14(15-11)16-12-4-2-3-5-12/h8,12-13H,2-7,9-10H2,1H3,(H,15,16). The predicted molar refractivity (Wildman–Crippen MR) is 73.4 cm³/mol. The molecule has 0 spiro atoms. The third-order valence-corrected chi connectivity index (χ3v) is 3.87. The van der Waals surface area contributed by atoms with E-state index in [0.29, 0.717) is 25.9 Å². The maximum Gasteiger partial charge on any atom is 0.203 e. The van der Waals surface area contributed by atoms with Gasteiger partial charge >= 0.3 is 0 Å². The van der Waals surface area contributed by atoms with Crippen molar-refractivity contribution >= 4 is 5.95 Å². The Hall–Kier alpha value is -1.07. The molecule has 5 heteroatoms. The summed E-state index contributed by atoms with van der Waals surface area (Å²) in [5, 5.41) is 3.58. The molecule has 1 aliphatic heterocycles. The van der Waals surface area contributed by atoms with Gasteiger partial charge in [-0.25, -0.2) is 4.98 Å². The van der Waals surface area contributed by atoms with Gasteiger partial charge in [0.05, 0.1) is 38.2 Å². The van der Waals surface area contributed by atoms with E-state index in [9.17, 15) is 0 Å². The van der Waals surface area contributed by atoms with Gasteiger partial charge in [-0.05, 0) is 19.8 Å². The smallest absolute Gasteiger partial charge is 0.203 e. The van der Waals surface area contributed by atoms with Gasteiger partial charge in [0.2, 0.25) is 5.95 Å². The first-order valence-electron chi connectivity index (χ1n) is 7.31. The van der Waals surface area contributed by atoms with E-state index in [4.69, 9.17) is 9.47 Å². The van der Waals surface area contributed by atoms with Gasteiger partial charge in [0.25, 0.3) is 0 Å². The van der Waals surface area contributed by atoms with Crippen LogP contribution in [0.15, 0.2) is 6.20 Å². The lowest BCUT2D eigenvalue weighted by molar-refractivity contribution is -0.0934. The Morgan fingerprint density at radius 3 is 2.95 bits per heavy atom. The van der Waals surface area contributed by atoms with Crippen LogP contribution >= 0.6 is 0 Å². The Morgan fingerprint density at radius 1 is 1.37 bits per heavy atom. The lowest BCUT2D eigenvalue weighted by atomic mass is 10.2. The topological polar surface area (TPSA) is 48.3 Å². The number of anilines is 1. The molecular formula is C14H23N3O2. The van der Waals surface area contributed by atoms with Crippen LogP contribution in [-0.4, -0.2) is 41.5 Å². The molecule has 1 unspecified atom stereocenters. The van der Waals surface area contributed by atoms with Crippen molar-refractivity contribution in [1.82, 2.24) is 9.55 Å². The number of aromatic nitrogens is 2. The van der Waals surface area contributed by atoms with Crippen LogP contribution in [0.5, 0.6) is 0 Å². The van der Waals surface area contributed by atoms with E-state index in [1.54, 1.807) is 0 Å². The lowest BCUT2D eigenvalue weighted by Gasteiger charge is -2.24. The van der Waals surface area contributed by atoms with Gasteiger partial charge in [-0.3, -0.25) is 0 Å². The fourth-order valence-electron chi connectivity index (χ4n) is 2.92. The van der Waals surface area contributed by atoms with E-state index in [2.05, 4.69) is 21.1 Å². The molecule has 1 saturated heterocycles. The fourth-order valence-corrected chi connectivity index (χ4v) is 2.92. The van der Waals surface area contributed by atoms with Crippen molar-refractivity contribution in [3.63, 3.8) is 0 Å². The van der Waals surface area contributed by atoms with E-state index < -0.39 is 0 Å². The van der Waals surface area contributed by atoms with Gasteiger partial charge in [-0.1, -0.05) is 12.8 Å². The molecule has 1 aliphatic carbocycles. The highest BCUT2D eigenvalue weighted by Gasteiger charge is 2.20. The van der Waals surface area contributed by atoms with E-state index in [-0.39, 0.29) is 6.10 Å². The number of rotatable bonds is 4. The SMILES string of the molecule is Cc1cn(CC2COCCO2)c(NC2CCCC2)n1. The predicted octanol–water partition coefficient (Wildman–Crippen LogP) is 1.96. The number of hydrogen-bond donors (Lipinski definition) is 1. The highest BCUT2D eigenvalue weighted by molar-refractivity contribution is 5.30. The number of aryl methyl sites for hydroxylation is 1. The van der Waals surface area contributed by atoms with Crippen LogP contribution in [0.3, 0.4) is 0 Å². The zero-order valence-electron chi connectivity index (χ0n) is 11.6. The molecule has 19 heavy (non-hydrogen) atoms. The molecule has 5 nitrogen and oxygen atoms in total. The Balaban J connectivity index is 1.65. The molecule has 1 aromatic heterocycles. The molecular weight excluding hydrogens is 242 g/mol. The maximum atomic E-state index is 5.71. The second kappa shape index (κ2) is 5.92. The summed E-state index contributed by atoms with van der Waals surface area (Å²) >= 11 is 0. The molecule has 0 amide bonds. The summed E-state index contributed by atoms with van der Waals surface area (Å²) < 4.78 is 13.3. The summed E-state index contributed by atoms with van der Waals surface area (Å²) in [5.74, 6) is 0.985. The van der Waals surface area contributed by atoms with E-state index in [1.807, 2.05) is 6.92 Å². The van der Waals surface area contributed by atoms with Crippen molar-refractivity contribution in [2.45, 2.75) is 51.3 Å². The van der Waals surface area contributed by atoms with Crippen LogP contribution in [-0.2, 0) is 16.0 Å². The maximum absolute atomic E-state index is 5.71. The first-order valence-corrected chi connectivity index (χ1v) is 7.31. The Kier molecular flexibility index (Phi) is 4.03. The number of nitrogens with zero attached hydrogens (tertiary/aromatic N) is 2. The number of imidazole rings is 1. The van der Waals surface area contributed by atoms with E-state index in [0.717, 1.165) is 18.2 Å². The van der Waals surface area contributed by atoms with Gasteiger partial charge in [-0.2, -0.15) is 0 Å². The summed E-state index contributed by atoms with van der Waals surface area (Å²) in [7, 11) is 0. The van der Waals surface area contributed by atoms with Crippen molar-refractivity contribution in [2.24, 2.45) is 0 Å². The summed E-state index contributed by atoms with van der Waals surface area (Å²) in [6.45, 7) is 4.95. The van der Waals surface area contributed by atoms with Gasteiger partial charge in [0.1, 0.15) is 0 Å². The monoisotopic (exact) mass is 265 g/mol. The van der Waals surface area contributed by atoms with Crippen LogP contribution < -0.4 is 5.32 Å². The van der Waals surface area contributed by atoms with Gasteiger partial charge in [-0.15, -0.1) is 0 Å². The van der Waals surface area contributed by atoms with Crippen molar-refractivity contribution in [3.05, 3.63) is 11.9 Å². The number of ether oxygens (including phenoxy) is 2. The molecule has 1 atom stereocenters. The molecule has 1 aromatic rings. The van der Waals surface area contributed by atoms with Crippen LogP contribution in [0.2, 0.25) is 0 Å². The van der Waals surface area contributed by atoms with Crippen molar-refractivity contribution < 1.29 is 9.47 Å². The molecule has 2 fully saturated rings. The molecule has 0 bridgehead atoms. The highest BCUT2D eigenvalue weighted by atomic mass is 16.6. The Labute approximate surface area is 114 Å². The molecule has 1 N–H and O–H groups in total. The van der Waals surface area contributed by atoms with Crippen LogP contribution in [0.25, 0.3) is 0 Å². The fraction of sp³-hybridized carbons (Fsp3) is 0.786. The lowest BCUT2D eigenvalue weighted by Crippen LogP contribution is -2.32. The quantitative estimate of drug-likeness (QED) is 0.904. The minimum Gasteiger partial charge on any atom is -0.376 e. The van der Waals surface area contributed by atoms with Gasteiger partial charge < -0.3 is 19.4 Å². The van der Waals surface area contributed by atoms with Crippen molar-refractivity contribution in [3.8, 4) is 0 Å². The minimum atomic E-state index is 0.145. The zero-order valence-corrected chi connectivity index (χ0v) is 11.6. The Morgan fingerprint density at radius 2 is 2.21 bits per heavy atom. The summed E-state index contributed by atoms with van der Waals surface area (Å²) in [5.41, 5.74) is 1.05. The van der Waals surface area contributed by atoms with E-state index >= 15 is 0 Å². The molecule has 2 aliphatic rings. The molecule has 106 valence electrons. The zero-order chi connectivity index (χ0) is 13.1. The highest BCUT2D eigenvalue weighted by Crippen LogP contribution is 2.22. The van der Waals surface area contributed by atoms with E-state index in [1.165, 1.54) is 25.7 Å². The molecule has 1 saturated carbocycles. The largest absolute Gasteiger partial charge is 0.376 e. The second-order valence-corrected chi connectivity index (χ2v) is 5.55. The average Bonchev–Trinajstić information content (AvgIpc) is 3.02. The number of hydrogen-bond acceptors (Lipinski definition) is 4. The first kappa shape index (κ1) is 12.9. The van der Waals surface area contributed by atoms with Crippen LogP contribution in [0.4, 0.5) is 5.95 Å². The average molecular weight is 265 g/mol. The normalized spacial score (nSPS) is 24.8. The molecule has 0 aromatic carbocycles. The van der Waals surface area contributed by atoms with Crippen molar-refractivity contribution in [2.75, 3.05) is 25.1 Å². The molecule has 2 heterocycles. The van der Waals surface area contributed by atoms with Crippen molar-refractivity contribution in [1.29, 1.82) is 0 Å². The third kappa shape index (κ3) is 3.28. The summed E-state index contributed by atoms with van der Waals surface area (Å²) in [4.78, 5) is 4.60. The van der Waals surface area contributed by atoms with Crippen LogP contribution in [0.1, 0.15) is 31.4 Å². The summed E-state index contributed by atoms with van der Waals surface area (Å²) in [6.07, 6.45) is 7.42. The Bertz CT molecular complexity index is 407. The number of nitrogens with one attached hydrogen (secondary N) is 1. The van der Waals surface area contributed by atoms with Gasteiger partial charge in [0, 0.05) is 12.2 Å². The van der Waals surface area contributed by atoms with Crippen LogP contribution in [0, 0.1) is 6.92 Å². The minimum absolute atomic E-state index is 0.145. The molecule has 3 rings (SSSR count). The summed E-state index contributed by atoms with van der Waals surface area (Å²) in [6, 6.07) is 0.587.